The molecule has 3 fully saturated rings. The van der Waals surface area contributed by atoms with E-state index in [4.69, 9.17) is 46.4 Å². The summed E-state index contributed by atoms with van der Waals surface area (Å²) in [6, 6.07) is 5.07. The minimum absolute atomic E-state index is 0.00299. The number of benzene rings is 1. The summed E-state index contributed by atoms with van der Waals surface area (Å²) in [6.07, 6.45) is 0.0781. The van der Waals surface area contributed by atoms with E-state index in [-0.39, 0.29) is 45.4 Å². The van der Waals surface area contributed by atoms with Crippen molar-refractivity contribution in [1.29, 1.82) is 0 Å². The van der Waals surface area contributed by atoms with Crippen LogP contribution in [0, 0.1) is 11.3 Å². The summed E-state index contributed by atoms with van der Waals surface area (Å²) in [5.41, 5.74) is -4.33. The highest BCUT2D eigenvalue weighted by molar-refractivity contribution is 6.38. The lowest BCUT2D eigenvalue weighted by atomic mass is 9.60. The Balaban J connectivity index is 1.67. The molecule has 3 amide bonds. The number of aromatic nitrogens is 1. The Hall–Kier alpha value is -1.97. The number of nitrogens with one attached hydrogen (secondary N) is 1. The number of alkyl halides is 1. The van der Waals surface area contributed by atoms with E-state index in [1.165, 1.54) is 25.1 Å². The summed E-state index contributed by atoms with van der Waals surface area (Å²) in [6.45, 7) is 3.04. The van der Waals surface area contributed by atoms with E-state index < -0.39 is 46.3 Å². The van der Waals surface area contributed by atoms with E-state index in [9.17, 15) is 14.4 Å². The minimum Gasteiger partial charge on any atom is -0.322 e. The topological polar surface area (TPSA) is 82.6 Å². The Kier molecular flexibility index (Phi) is 5.11. The van der Waals surface area contributed by atoms with E-state index in [1.54, 1.807) is 17.9 Å². The van der Waals surface area contributed by atoms with Crippen molar-refractivity contribution < 1.29 is 18.8 Å². The third kappa shape index (κ3) is 2.74. The van der Waals surface area contributed by atoms with Gasteiger partial charge in [-0.15, -0.1) is 0 Å². The van der Waals surface area contributed by atoms with Crippen LogP contribution in [0.25, 0.3) is 0 Å². The molecule has 6 rings (SSSR count). The third-order valence-electron chi connectivity index (χ3n) is 8.14. The summed E-state index contributed by atoms with van der Waals surface area (Å²) in [5, 5.41) is 3.43. The highest BCUT2D eigenvalue weighted by Gasteiger charge is 2.83. The average Bonchev–Trinajstić information content (AvgIpc) is 3.38. The van der Waals surface area contributed by atoms with Crippen molar-refractivity contribution in [1.82, 2.24) is 9.88 Å². The average molecular weight is 572 g/mol. The van der Waals surface area contributed by atoms with Crippen molar-refractivity contribution in [3.63, 3.8) is 0 Å². The summed E-state index contributed by atoms with van der Waals surface area (Å²) >= 11 is 25.1. The van der Waals surface area contributed by atoms with Crippen molar-refractivity contribution in [3.8, 4) is 0 Å². The van der Waals surface area contributed by atoms with Gasteiger partial charge in [0.15, 0.2) is 0 Å². The van der Waals surface area contributed by atoms with E-state index in [2.05, 4.69) is 10.3 Å². The van der Waals surface area contributed by atoms with Crippen LogP contribution in [0.3, 0.4) is 0 Å². The Bertz CT molecular complexity index is 1380. The van der Waals surface area contributed by atoms with Gasteiger partial charge in [0.05, 0.1) is 22.0 Å². The van der Waals surface area contributed by atoms with E-state index in [0.29, 0.717) is 11.3 Å². The molecule has 1 aromatic carbocycles. The number of fused-ring (bicyclic) bond motifs is 7. The maximum Gasteiger partial charge on any atom is 0.250 e. The second-order valence-corrected chi connectivity index (χ2v) is 11.7. The van der Waals surface area contributed by atoms with Crippen molar-refractivity contribution >= 4 is 75.6 Å². The first-order chi connectivity index (χ1) is 16.9. The van der Waals surface area contributed by atoms with Gasteiger partial charge in [-0.25, -0.2) is 14.3 Å². The molecule has 7 nitrogen and oxygen atoms in total. The molecule has 36 heavy (non-hydrogen) atoms. The van der Waals surface area contributed by atoms with Crippen molar-refractivity contribution in [2.24, 2.45) is 11.3 Å². The van der Waals surface area contributed by atoms with Crippen LogP contribution >= 0.6 is 46.4 Å². The second kappa shape index (κ2) is 7.54. The zero-order valence-corrected chi connectivity index (χ0v) is 22.1. The van der Waals surface area contributed by atoms with Gasteiger partial charge in [-0.05, 0) is 38.0 Å². The molecule has 0 radical (unpaired) electrons. The van der Waals surface area contributed by atoms with Gasteiger partial charge in [0.2, 0.25) is 11.8 Å². The fourth-order valence-electron chi connectivity index (χ4n) is 7.11. The zero-order valence-electron chi connectivity index (χ0n) is 19.0. The number of amides is 3. The Morgan fingerprint density at radius 2 is 1.81 bits per heavy atom. The molecule has 0 bridgehead atoms. The van der Waals surface area contributed by atoms with Crippen LogP contribution in [0.2, 0.25) is 20.2 Å². The summed E-state index contributed by atoms with van der Waals surface area (Å²) < 4.78 is 15.6. The highest BCUT2D eigenvalue weighted by atomic mass is 35.5. The molecular weight excluding hydrogens is 553 g/mol. The number of carbonyl (C=O) groups is 3. The number of rotatable bonds is 2. The van der Waals surface area contributed by atoms with Gasteiger partial charge in [0, 0.05) is 34.3 Å². The number of carbonyl (C=O) groups excluding carboxylic acids is 3. The summed E-state index contributed by atoms with van der Waals surface area (Å²) in [7, 11) is 0. The molecule has 1 aromatic heterocycles. The fourth-order valence-corrected chi connectivity index (χ4v) is 8.11. The Morgan fingerprint density at radius 3 is 2.47 bits per heavy atom. The molecule has 5 heterocycles. The van der Waals surface area contributed by atoms with Crippen LogP contribution in [-0.2, 0) is 19.9 Å². The molecule has 188 valence electrons. The molecule has 1 spiro atoms. The number of nitrogens with zero attached hydrogens (tertiary/aromatic N) is 3. The third-order valence-corrected chi connectivity index (χ3v) is 9.07. The largest absolute Gasteiger partial charge is 0.322 e. The summed E-state index contributed by atoms with van der Waals surface area (Å²) in [5.74, 6) is -2.82. The maximum absolute atomic E-state index is 15.6. The molecule has 0 saturated carbocycles. The van der Waals surface area contributed by atoms with Crippen molar-refractivity contribution in [2.45, 2.75) is 43.9 Å². The maximum atomic E-state index is 15.6. The molecule has 0 aliphatic carbocycles. The lowest BCUT2D eigenvalue weighted by Gasteiger charge is -2.44. The lowest BCUT2D eigenvalue weighted by Crippen LogP contribution is -2.60. The van der Waals surface area contributed by atoms with E-state index in [0.717, 1.165) is 4.90 Å². The van der Waals surface area contributed by atoms with Gasteiger partial charge in [-0.3, -0.25) is 19.3 Å². The van der Waals surface area contributed by atoms with Crippen LogP contribution in [0.4, 0.5) is 15.9 Å². The highest BCUT2D eigenvalue weighted by Crippen LogP contribution is 2.70. The first kappa shape index (κ1) is 24.4. The Labute approximate surface area is 225 Å². The predicted molar refractivity (Wildman–Crippen MR) is 134 cm³/mol. The predicted octanol–water partition coefficient (Wildman–Crippen LogP) is 5.24. The van der Waals surface area contributed by atoms with Crippen LogP contribution in [0.5, 0.6) is 0 Å². The minimum atomic E-state index is -1.71. The normalized spacial score (nSPS) is 35.0. The van der Waals surface area contributed by atoms with Crippen LogP contribution < -0.4 is 10.2 Å². The van der Waals surface area contributed by atoms with Gasteiger partial charge < -0.3 is 5.32 Å². The second-order valence-electron chi connectivity index (χ2n) is 10.0. The zero-order chi connectivity index (χ0) is 25.9. The first-order valence-electron chi connectivity index (χ1n) is 11.4. The molecule has 5 atom stereocenters. The summed E-state index contributed by atoms with van der Waals surface area (Å²) in [4.78, 5) is 49.4. The van der Waals surface area contributed by atoms with E-state index >= 15 is 4.39 Å². The van der Waals surface area contributed by atoms with Gasteiger partial charge in [-0.2, -0.15) is 0 Å². The molecule has 4 aliphatic rings. The van der Waals surface area contributed by atoms with Crippen LogP contribution in [-0.4, -0.2) is 45.9 Å². The lowest BCUT2D eigenvalue weighted by molar-refractivity contribution is -0.145. The van der Waals surface area contributed by atoms with Gasteiger partial charge in [-0.1, -0.05) is 53.3 Å². The first-order valence-corrected chi connectivity index (χ1v) is 12.9. The number of imide groups is 1. The van der Waals surface area contributed by atoms with Gasteiger partial charge in [0.1, 0.15) is 22.2 Å². The Morgan fingerprint density at radius 1 is 1.11 bits per heavy atom. The van der Waals surface area contributed by atoms with Crippen LogP contribution in [0.1, 0.15) is 32.3 Å². The molecule has 4 aliphatic heterocycles. The number of hydrogen-bond acceptors (Lipinski definition) is 5. The van der Waals surface area contributed by atoms with E-state index in [1.807, 2.05) is 0 Å². The standard InChI is InChI=1S/C24H19Cl4FN4O3/c1-3-23-17(19(34)33(21(23)36)16-7-11(26)6-15(28)30-16)14-8-22(2,29)9-32(14)24(23)12-4-10(25)5-13(27)18(12)31-20(24)35/h4-7,14,17H,3,8-9H2,1-2H3,(H,31,35)/t14?,17?,22-,23?,24?/m0/s1. The van der Waals surface area contributed by atoms with Crippen molar-refractivity contribution in [2.75, 3.05) is 16.8 Å². The molecule has 2 aromatic rings. The molecule has 12 heteroatoms. The molecule has 1 N–H and O–H groups in total. The van der Waals surface area contributed by atoms with Crippen molar-refractivity contribution in [3.05, 3.63) is 50.0 Å². The SMILES string of the molecule is CCC12C(=O)N(c3cc(Cl)cc(Cl)n3)C(=O)C1C1C[C@](C)(F)CN1C21C(=O)Nc2c(Cl)cc(Cl)cc21. The smallest absolute Gasteiger partial charge is 0.250 e. The molecule has 4 unspecified atom stereocenters. The number of anilines is 2. The molecular formula is C24H19Cl4FN4O3. The number of pyridine rings is 1. The number of hydrogen-bond donors (Lipinski definition) is 1. The quantitative estimate of drug-likeness (QED) is 0.393. The number of halogens is 5. The fraction of sp³-hybridized carbons (Fsp3) is 0.417. The molecule has 3 saturated heterocycles. The van der Waals surface area contributed by atoms with Gasteiger partial charge in [0.25, 0.3) is 5.91 Å². The van der Waals surface area contributed by atoms with Gasteiger partial charge >= 0.3 is 0 Å². The monoisotopic (exact) mass is 570 g/mol. The van der Waals surface area contributed by atoms with Crippen LogP contribution in [0.15, 0.2) is 24.3 Å².